The van der Waals surface area contributed by atoms with Gasteiger partial charge in [-0.2, -0.15) is 0 Å². The van der Waals surface area contributed by atoms with Gasteiger partial charge in [-0.1, -0.05) is 6.07 Å². The van der Waals surface area contributed by atoms with Gasteiger partial charge >= 0.3 is 5.97 Å². The number of aliphatic carboxylic acids is 1. The number of hydrogen-bond acceptors (Lipinski definition) is 3. The number of fused-ring (bicyclic) bond motifs is 1. The molecular formula is C15H16O4. The first kappa shape index (κ1) is 11.1. The third-order valence-electron chi connectivity index (χ3n) is 4.61. The summed E-state index contributed by atoms with van der Waals surface area (Å²) in [6.45, 7) is 0. The minimum absolute atomic E-state index is 0.471. The molecule has 3 aliphatic rings. The van der Waals surface area contributed by atoms with E-state index in [-0.39, 0.29) is 0 Å². The molecule has 0 unspecified atom stereocenters. The number of hydrogen-bond donors (Lipinski definition) is 1. The van der Waals surface area contributed by atoms with Crippen LogP contribution in [0.3, 0.4) is 0 Å². The number of ether oxygens (including phenoxy) is 2. The predicted octanol–water partition coefficient (Wildman–Crippen LogP) is 2.84. The number of benzene rings is 1. The Kier molecular flexibility index (Phi) is 2.02. The average molecular weight is 260 g/mol. The molecule has 0 atom stereocenters. The van der Waals surface area contributed by atoms with Crippen LogP contribution < -0.4 is 9.47 Å². The second kappa shape index (κ2) is 3.44. The van der Waals surface area contributed by atoms with Crippen LogP contribution in [0, 0.1) is 0 Å². The fourth-order valence-electron chi connectivity index (χ4n) is 3.26. The zero-order chi connectivity index (χ0) is 13.1. The molecule has 1 aromatic carbocycles. The van der Waals surface area contributed by atoms with E-state index < -0.39 is 17.2 Å². The van der Waals surface area contributed by atoms with Crippen molar-refractivity contribution in [2.75, 3.05) is 0 Å². The first-order chi connectivity index (χ1) is 9.14. The van der Waals surface area contributed by atoms with Crippen molar-refractivity contribution in [1.29, 1.82) is 0 Å². The molecule has 1 spiro atoms. The van der Waals surface area contributed by atoms with E-state index >= 15 is 0 Å². The van der Waals surface area contributed by atoms with Gasteiger partial charge in [-0.25, -0.2) is 0 Å². The third-order valence-corrected chi connectivity index (χ3v) is 4.61. The van der Waals surface area contributed by atoms with E-state index in [9.17, 15) is 9.90 Å². The summed E-state index contributed by atoms with van der Waals surface area (Å²) in [4.78, 5) is 11.4. The highest BCUT2D eigenvalue weighted by molar-refractivity contribution is 5.85. The van der Waals surface area contributed by atoms with Crippen LogP contribution in [0.5, 0.6) is 11.5 Å². The molecule has 19 heavy (non-hydrogen) atoms. The van der Waals surface area contributed by atoms with E-state index in [1.807, 2.05) is 18.2 Å². The number of carboxylic acids is 1. The Morgan fingerprint density at radius 3 is 2.37 bits per heavy atom. The Labute approximate surface area is 111 Å². The largest absolute Gasteiger partial charge is 0.481 e. The monoisotopic (exact) mass is 260 g/mol. The Morgan fingerprint density at radius 1 is 1.05 bits per heavy atom. The van der Waals surface area contributed by atoms with E-state index in [0.29, 0.717) is 18.6 Å². The molecule has 1 aliphatic heterocycles. The molecule has 0 radical (unpaired) electrons. The molecule has 2 saturated carbocycles. The van der Waals surface area contributed by atoms with Crippen LogP contribution in [0.15, 0.2) is 18.2 Å². The summed E-state index contributed by atoms with van der Waals surface area (Å²) in [5, 5.41) is 9.34. The molecule has 0 bridgehead atoms. The Bertz CT molecular complexity index is 553. The maximum absolute atomic E-state index is 11.4. The molecule has 1 heterocycles. The van der Waals surface area contributed by atoms with Crippen LogP contribution in [0.4, 0.5) is 0 Å². The zero-order valence-electron chi connectivity index (χ0n) is 10.6. The lowest BCUT2D eigenvalue weighted by atomic mass is 9.96. The minimum atomic E-state index is -0.734. The predicted molar refractivity (Wildman–Crippen MR) is 67.4 cm³/mol. The van der Waals surface area contributed by atoms with Gasteiger partial charge in [-0.05, 0) is 43.4 Å². The summed E-state index contributed by atoms with van der Waals surface area (Å²) in [5.74, 6) is 0.265. The third kappa shape index (κ3) is 1.49. The van der Waals surface area contributed by atoms with Crippen LogP contribution in [-0.2, 0) is 10.2 Å². The van der Waals surface area contributed by atoms with E-state index in [0.717, 1.165) is 37.0 Å². The quantitative estimate of drug-likeness (QED) is 0.888. The smallest absolute Gasteiger partial charge is 0.314 e. The maximum atomic E-state index is 11.4. The molecule has 0 saturated heterocycles. The molecular weight excluding hydrogens is 244 g/mol. The average Bonchev–Trinajstić information content (AvgIpc) is 2.97. The lowest BCUT2D eigenvalue weighted by molar-refractivity contribution is -0.140. The van der Waals surface area contributed by atoms with E-state index in [1.54, 1.807) is 0 Å². The van der Waals surface area contributed by atoms with Crippen molar-refractivity contribution in [3.05, 3.63) is 23.8 Å². The first-order valence-corrected chi connectivity index (χ1v) is 6.90. The highest BCUT2D eigenvalue weighted by Gasteiger charge is 2.53. The summed E-state index contributed by atoms with van der Waals surface area (Å²) in [6.07, 6.45) is 5.52. The number of rotatable bonds is 2. The summed E-state index contributed by atoms with van der Waals surface area (Å²) in [6, 6.07) is 5.60. The number of carbonyl (C=O) groups is 1. The van der Waals surface area contributed by atoms with E-state index in [1.165, 1.54) is 0 Å². The van der Waals surface area contributed by atoms with Gasteiger partial charge in [0.2, 0.25) is 0 Å². The summed E-state index contributed by atoms with van der Waals surface area (Å²) >= 11 is 0. The topological polar surface area (TPSA) is 55.8 Å². The van der Waals surface area contributed by atoms with E-state index in [2.05, 4.69) is 0 Å². The normalized spacial score (nSPS) is 24.6. The van der Waals surface area contributed by atoms with Gasteiger partial charge in [0.25, 0.3) is 5.79 Å². The lowest BCUT2D eigenvalue weighted by Crippen LogP contribution is -2.34. The van der Waals surface area contributed by atoms with Gasteiger partial charge in [0.15, 0.2) is 11.5 Å². The van der Waals surface area contributed by atoms with Crippen molar-refractivity contribution < 1.29 is 19.4 Å². The van der Waals surface area contributed by atoms with Crippen molar-refractivity contribution in [3.63, 3.8) is 0 Å². The van der Waals surface area contributed by atoms with Crippen molar-refractivity contribution in [1.82, 2.24) is 0 Å². The van der Waals surface area contributed by atoms with Crippen molar-refractivity contribution in [2.24, 2.45) is 0 Å². The molecule has 1 aromatic rings. The molecule has 0 amide bonds. The fourth-order valence-corrected chi connectivity index (χ4v) is 3.26. The van der Waals surface area contributed by atoms with Gasteiger partial charge in [0.05, 0.1) is 5.41 Å². The second-order valence-corrected chi connectivity index (χ2v) is 5.87. The standard InChI is InChI=1S/C15H16O4/c16-13(17)14(7-8-14)10-3-4-11-12(9-10)19-15(18-11)5-1-2-6-15/h3-4,9H,1-2,5-8H2,(H,16,17). The second-order valence-electron chi connectivity index (χ2n) is 5.87. The van der Waals surface area contributed by atoms with Gasteiger partial charge in [0.1, 0.15) is 0 Å². The van der Waals surface area contributed by atoms with Crippen molar-refractivity contribution in [2.45, 2.75) is 49.7 Å². The summed E-state index contributed by atoms with van der Waals surface area (Å²) < 4.78 is 11.9. The Hall–Kier alpha value is -1.71. The van der Waals surface area contributed by atoms with Crippen LogP contribution in [-0.4, -0.2) is 16.9 Å². The molecule has 0 aromatic heterocycles. The summed E-state index contributed by atoms with van der Waals surface area (Å²) in [7, 11) is 0. The molecule has 1 N–H and O–H groups in total. The summed E-state index contributed by atoms with van der Waals surface area (Å²) in [5.41, 5.74) is 0.168. The van der Waals surface area contributed by atoms with Gasteiger partial charge in [0, 0.05) is 12.8 Å². The molecule has 2 fully saturated rings. The minimum Gasteiger partial charge on any atom is -0.481 e. The SMILES string of the molecule is O=C(O)C1(c2ccc3c(c2)OC2(CCCC2)O3)CC1. The van der Waals surface area contributed by atoms with Gasteiger partial charge < -0.3 is 14.6 Å². The van der Waals surface area contributed by atoms with Gasteiger partial charge in [-0.3, -0.25) is 4.79 Å². The van der Waals surface area contributed by atoms with Crippen molar-refractivity contribution in [3.8, 4) is 11.5 Å². The Balaban J connectivity index is 1.68. The highest BCUT2D eigenvalue weighted by Crippen LogP contribution is 2.53. The van der Waals surface area contributed by atoms with Crippen LogP contribution in [0.25, 0.3) is 0 Å². The zero-order valence-corrected chi connectivity index (χ0v) is 10.6. The highest BCUT2D eigenvalue weighted by atomic mass is 16.7. The van der Waals surface area contributed by atoms with Crippen LogP contribution in [0.2, 0.25) is 0 Å². The molecule has 4 nitrogen and oxygen atoms in total. The molecule has 2 aliphatic carbocycles. The van der Waals surface area contributed by atoms with Gasteiger partial charge in [-0.15, -0.1) is 0 Å². The fraction of sp³-hybridized carbons (Fsp3) is 0.533. The first-order valence-electron chi connectivity index (χ1n) is 6.90. The maximum Gasteiger partial charge on any atom is 0.314 e. The van der Waals surface area contributed by atoms with Crippen molar-refractivity contribution >= 4 is 5.97 Å². The lowest BCUT2D eigenvalue weighted by Gasteiger charge is -2.21. The van der Waals surface area contributed by atoms with Crippen LogP contribution >= 0.6 is 0 Å². The molecule has 4 heteroatoms. The van der Waals surface area contributed by atoms with E-state index in [4.69, 9.17) is 9.47 Å². The molecule has 4 rings (SSSR count). The number of carboxylic acid groups (broad SMARTS) is 1. The molecule has 100 valence electrons. The van der Waals surface area contributed by atoms with Crippen LogP contribution in [0.1, 0.15) is 44.1 Å². The Morgan fingerprint density at radius 2 is 1.74 bits per heavy atom.